The fourth-order valence-electron chi connectivity index (χ4n) is 2.79. The summed E-state index contributed by atoms with van der Waals surface area (Å²) in [4.78, 5) is 0. The minimum absolute atomic E-state index is 1.06. The molecule has 0 aromatic heterocycles. The largest absolute Gasteiger partial charge is 0.0984 e. The van der Waals surface area contributed by atoms with E-state index in [0.717, 1.165) is 11.6 Å². The molecular formula is C18H16. The van der Waals surface area contributed by atoms with Crippen molar-refractivity contribution in [3.05, 3.63) is 59.3 Å². The van der Waals surface area contributed by atoms with E-state index in [1.54, 1.807) is 0 Å². The van der Waals surface area contributed by atoms with Crippen LogP contribution in [0.2, 0.25) is 0 Å². The molecule has 0 unspecified atom stereocenters. The van der Waals surface area contributed by atoms with Gasteiger partial charge in [0.05, 0.1) is 0 Å². The van der Waals surface area contributed by atoms with Gasteiger partial charge < -0.3 is 0 Å². The maximum atomic E-state index is 4.17. The average molecular weight is 232 g/mol. The highest BCUT2D eigenvalue weighted by Crippen LogP contribution is 2.30. The molecule has 3 aromatic carbocycles. The summed E-state index contributed by atoms with van der Waals surface area (Å²) in [6, 6.07) is 13.1. The van der Waals surface area contributed by atoms with E-state index in [-0.39, 0.29) is 0 Å². The Hall–Kier alpha value is -2.08. The molecule has 0 radical (unpaired) electrons. The van der Waals surface area contributed by atoms with E-state index < -0.39 is 0 Å². The van der Waals surface area contributed by atoms with Gasteiger partial charge in [0.25, 0.3) is 0 Å². The number of aryl methyl sites for hydroxylation is 1. The van der Waals surface area contributed by atoms with Gasteiger partial charge in [-0.2, -0.15) is 0 Å². The molecule has 0 amide bonds. The van der Waals surface area contributed by atoms with E-state index in [0.29, 0.717) is 0 Å². The van der Waals surface area contributed by atoms with Crippen LogP contribution in [0.15, 0.2) is 43.0 Å². The topological polar surface area (TPSA) is 0 Å². The third kappa shape index (κ3) is 1.39. The summed E-state index contributed by atoms with van der Waals surface area (Å²) in [7, 11) is 0. The van der Waals surface area contributed by atoms with Crippen LogP contribution < -0.4 is 5.22 Å². The summed E-state index contributed by atoms with van der Waals surface area (Å²) in [5, 5.41) is 6.29. The van der Waals surface area contributed by atoms with Crippen molar-refractivity contribution in [3.8, 4) is 0 Å². The third-order valence-electron chi connectivity index (χ3n) is 3.72. The Labute approximate surface area is 107 Å². The first-order valence-corrected chi connectivity index (χ1v) is 6.34. The summed E-state index contributed by atoms with van der Waals surface area (Å²) < 4.78 is 0. The van der Waals surface area contributed by atoms with Crippen LogP contribution in [0.3, 0.4) is 0 Å². The molecule has 0 fully saturated rings. The molecule has 0 atom stereocenters. The lowest BCUT2D eigenvalue weighted by Crippen LogP contribution is -2.02. The van der Waals surface area contributed by atoms with Gasteiger partial charge in [0.1, 0.15) is 0 Å². The van der Waals surface area contributed by atoms with Crippen LogP contribution in [-0.4, -0.2) is 0 Å². The van der Waals surface area contributed by atoms with Gasteiger partial charge >= 0.3 is 0 Å². The maximum Gasteiger partial charge on any atom is -0.00243 e. The van der Waals surface area contributed by atoms with Crippen molar-refractivity contribution < 1.29 is 0 Å². The molecule has 0 saturated carbocycles. The second kappa shape index (κ2) is 3.99. The number of hydrogen-bond donors (Lipinski definition) is 0. The maximum absolute atomic E-state index is 4.17. The standard InChI is InChI=1S/C18H16/c1-4-13-8-9-15-7-6-12(3)17-14(5-2)10-11-16(13)18(15)17/h5-11H,2-4H2,1H3. The summed E-state index contributed by atoms with van der Waals surface area (Å²) in [5.74, 6) is 0. The van der Waals surface area contributed by atoms with Crippen molar-refractivity contribution in [3.63, 3.8) is 0 Å². The molecule has 0 aliphatic rings. The van der Waals surface area contributed by atoms with Crippen molar-refractivity contribution in [2.24, 2.45) is 0 Å². The summed E-state index contributed by atoms with van der Waals surface area (Å²) in [5.41, 5.74) is 2.57. The second-order valence-electron chi connectivity index (χ2n) is 4.68. The van der Waals surface area contributed by atoms with Crippen LogP contribution in [-0.2, 0) is 6.42 Å². The van der Waals surface area contributed by atoms with Gasteiger partial charge in [0.15, 0.2) is 0 Å². The fourth-order valence-corrected chi connectivity index (χ4v) is 2.79. The predicted octanol–water partition coefficient (Wildman–Crippen LogP) is 4.33. The Morgan fingerprint density at radius 2 is 1.78 bits per heavy atom. The van der Waals surface area contributed by atoms with Crippen LogP contribution in [0.25, 0.3) is 34.2 Å². The lowest BCUT2D eigenvalue weighted by Gasteiger charge is -2.12. The van der Waals surface area contributed by atoms with Crippen molar-refractivity contribution >= 4 is 34.2 Å². The van der Waals surface area contributed by atoms with Gasteiger partial charge in [-0.1, -0.05) is 62.6 Å². The zero-order valence-corrected chi connectivity index (χ0v) is 10.7. The van der Waals surface area contributed by atoms with E-state index in [2.05, 4.69) is 56.5 Å². The number of rotatable bonds is 2. The first-order chi connectivity index (χ1) is 8.76. The van der Waals surface area contributed by atoms with Crippen LogP contribution in [0.4, 0.5) is 0 Å². The van der Waals surface area contributed by atoms with Crippen LogP contribution in [0.1, 0.15) is 18.1 Å². The normalized spacial score (nSPS) is 11.2. The molecule has 0 spiro atoms. The van der Waals surface area contributed by atoms with Crippen LogP contribution in [0, 0.1) is 0 Å². The van der Waals surface area contributed by atoms with Gasteiger partial charge in [-0.25, -0.2) is 0 Å². The Balaban J connectivity index is 2.68. The zero-order chi connectivity index (χ0) is 12.7. The molecule has 0 aliphatic heterocycles. The van der Waals surface area contributed by atoms with E-state index >= 15 is 0 Å². The summed E-state index contributed by atoms with van der Waals surface area (Å²) in [6.07, 6.45) is 2.97. The summed E-state index contributed by atoms with van der Waals surface area (Å²) >= 11 is 0. The number of hydrogen-bond acceptors (Lipinski definition) is 0. The van der Waals surface area contributed by atoms with E-state index in [1.165, 1.54) is 32.7 Å². The zero-order valence-electron chi connectivity index (χ0n) is 10.7. The molecule has 3 aromatic rings. The first-order valence-electron chi connectivity index (χ1n) is 6.34. The highest BCUT2D eigenvalue weighted by molar-refractivity contribution is 6.13. The fraction of sp³-hybridized carbons (Fsp3) is 0.111. The minimum Gasteiger partial charge on any atom is -0.0984 e. The van der Waals surface area contributed by atoms with E-state index in [1.807, 2.05) is 6.08 Å². The predicted molar refractivity (Wildman–Crippen MR) is 81.7 cm³/mol. The minimum atomic E-state index is 1.06. The first kappa shape index (κ1) is 11.0. The van der Waals surface area contributed by atoms with Crippen LogP contribution in [0.5, 0.6) is 0 Å². The van der Waals surface area contributed by atoms with Crippen molar-refractivity contribution in [1.82, 2.24) is 0 Å². The smallest absolute Gasteiger partial charge is 0.00243 e. The molecule has 0 aliphatic carbocycles. The average Bonchev–Trinajstić information content (AvgIpc) is 2.42. The highest BCUT2D eigenvalue weighted by Gasteiger charge is 2.08. The Bertz CT molecular complexity index is 794. The quantitative estimate of drug-likeness (QED) is 0.617. The van der Waals surface area contributed by atoms with Gasteiger partial charge in [-0.15, -0.1) is 0 Å². The van der Waals surface area contributed by atoms with Gasteiger partial charge in [-0.3, -0.25) is 0 Å². The lowest BCUT2D eigenvalue weighted by atomic mass is 9.92. The molecule has 0 saturated heterocycles. The van der Waals surface area contributed by atoms with Crippen molar-refractivity contribution in [2.45, 2.75) is 13.3 Å². The Morgan fingerprint density at radius 3 is 2.50 bits per heavy atom. The molecule has 0 N–H and O–H groups in total. The summed E-state index contributed by atoms with van der Waals surface area (Å²) in [6.45, 7) is 10.3. The SMILES string of the molecule is C=Cc1ccc2c(CC)ccc3ccc(=C)c1c32. The van der Waals surface area contributed by atoms with E-state index in [4.69, 9.17) is 0 Å². The monoisotopic (exact) mass is 232 g/mol. The van der Waals surface area contributed by atoms with Gasteiger partial charge in [-0.05, 0) is 44.3 Å². The molecule has 0 heteroatoms. The molecule has 18 heavy (non-hydrogen) atoms. The Kier molecular flexibility index (Phi) is 2.45. The number of benzene rings is 3. The molecular weight excluding hydrogens is 216 g/mol. The molecule has 88 valence electrons. The highest BCUT2D eigenvalue weighted by atomic mass is 14.1. The van der Waals surface area contributed by atoms with Gasteiger partial charge in [0.2, 0.25) is 0 Å². The van der Waals surface area contributed by atoms with Crippen molar-refractivity contribution in [1.29, 1.82) is 0 Å². The molecule has 3 rings (SSSR count). The second-order valence-corrected chi connectivity index (χ2v) is 4.68. The molecule has 0 bridgehead atoms. The third-order valence-corrected chi connectivity index (χ3v) is 3.72. The molecule has 0 nitrogen and oxygen atoms in total. The molecule has 0 heterocycles. The Morgan fingerprint density at radius 1 is 1.00 bits per heavy atom. The van der Waals surface area contributed by atoms with Crippen LogP contribution >= 0.6 is 0 Å². The van der Waals surface area contributed by atoms with Crippen molar-refractivity contribution in [2.75, 3.05) is 0 Å². The lowest BCUT2D eigenvalue weighted by molar-refractivity contribution is 1.16. The van der Waals surface area contributed by atoms with Gasteiger partial charge in [0, 0.05) is 0 Å². The van der Waals surface area contributed by atoms with E-state index in [9.17, 15) is 0 Å².